The predicted octanol–water partition coefficient (Wildman–Crippen LogP) is 2.63. The molecule has 2 aromatic carbocycles. The van der Waals surface area contributed by atoms with E-state index in [0.717, 1.165) is 11.4 Å². The number of fused-ring (bicyclic) bond motifs is 1. The van der Waals surface area contributed by atoms with Gasteiger partial charge in [0, 0.05) is 5.69 Å². The van der Waals surface area contributed by atoms with Gasteiger partial charge in [-0.1, -0.05) is 37.3 Å². The molecule has 4 aromatic rings. The molecule has 7 nitrogen and oxygen atoms in total. The van der Waals surface area contributed by atoms with Crippen LogP contribution in [0.25, 0.3) is 16.6 Å². The Hall–Kier alpha value is -3.74. The number of hydrogen-bond acceptors (Lipinski definition) is 4. The Morgan fingerprint density at radius 3 is 2.50 bits per heavy atom. The number of rotatable bonds is 4. The zero-order valence-corrected chi connectivity index (χ0v) is 15.6. The lowest BCUT2D eigenvalue weighted by molar-refractivity contribution is 0.770. The van der Waals surface area contributed by atoms with Gasteiger partial charge in [0.25, 0.3) is 11.1 Å². The van der Waals surface area contributed by atoms with E-state index in [0.29, 0.717) is 28.7 Å². The predicted molar refractivity (Wildman–Crippen MR) is 109 cm³/mol. The van der Waals surface area contributed by atoms with E-state index < -0.39 is 0 Å². The molecule has 140 valence electrons. The molecular formula is C21H19N5O2. The van der Waals surface area contributed by atoms with Gasteiger partial charge in [-0.15, -0.1) is 0 Å². The van der Waals surface area contributed by atoms with Crippen molar-refractivity contribution < 1.29 is 0 Å². The van der Waals surface area contributed by atoms with Crippen LogP contribution in [0.1, 0.15) is 24.0 Å². The molecule has 0 aliphatic heterocycles. The lowest BCUT2D eigenvalue weighted by atomic mass is 10.2. The molecule has 0 unspecified atom stereocenters. The molecule has 0 aliphatic carbocycles. The molecule has 28 heavy (non-hydrogen) atoms. The van der Waals surface area contributed by atoms with E-state index in [1.807, 2.05) is 43.3 Å². The molecule has 2 aromatic heterocycles. The Morgan fingerprint density at radius 2 is 1.75 bits per heavy atom. The fraction of sp³-hybridized carbons (Fsp3) is 0.143. The lowest BCUT2D eigenvalue weighted by Crippen LogP contribution is -2.21. The smallest absolute Gasteiger partial charge is 0.282 e. The van der Waals surface area contributed by atoms with Gasteiger partial charge in [0.1, 0.15) is 5.82 Å². The topological polar surface area (TPSA) is 85.0 Å². The molecule has 7 heteroatoms. The molecule has 0 bridgehead atoms. The largest absolute Gasteiger partial charge is 0.294 e. The molecule has 1 N–H and O–H groups in total. The van der Waals surface area contributed by atoms with E-state index in [1.54, 1.807) is 25.1 Å². The molecule has 0 aliphatic rings. The quantitative estimate of drug-likeness (QED) is 0.558. The van der Waals surface area contributed by atoms with Gasteiger partial charge >= 0.3 is 0 Å². The third kappa shape index (κ3) is 2.96. The zero-order valence-electron chi connectivity index (χ0n) is 15.6. The van der Waals surface area contributed by atoms with Crippen molar-refractivity contribution in [2.75, 3.05) is 0 Å². The third-order valence-electron chi connectivity index (χ3n) is 4.59. The van der Waals surface area contributed by atoms with Crippen molar-refractivity contribution in [2.24, 2.45) is 5.10 Å². The van der Waals surface area contributed by atoms with E-state index in [9.17, 15) is 9.59 Å². The minimum atomic E-state index is -0.267. The van der Waals surface area contributed by atoms with Gasteiger partial charge in [0.05, 0.1) is 28.4 Å². The van der Waals surface area contributed by atoms with Crippen molar-refractivity contribution in [3.63, 3.8) is 0 Å². The van der Waals surface area contributed by atoms with Crippen molar-refractivity contribution in [3.05, 3.63) is 92.4 Å². The number of aromatic nitrogens is 4. The number of nitrogens with zero attached hydrogens (tertiary/aromatic N) is 4. The molecule has 0 saturated heterocycles. The second-order valence-electron chi connectivity index (χ2n) is 6.37. The highest BCUT2D eigenvalue weighted by atomic mass is 16.1. The van der Waals surface area contributed by atoms with Crippen LogP contribution in [0.5, 0.6) is 0 Å². The third-order valence-corrected chi connectivity index (χ3v) is 4.59. The molecule has 4 rings (SSSR count). The van der Waals surface area contributed by atoms with Crippen LogP contribution in [0.2, 0.25) is 0 Å². The highest BCUT2D eigenvalue weighted by Gasteiger charge is 2.13. The van der Waals surface area contributed by atoms with Crippen LogP contribution in [0.3, 0.4) is 0 Å². The number of aryl methyl sites for hydroxylation is 2. The van der Waals surface area contributed by atoms with E-state index in [-0.39, 0.29) is 11.1 Å². The maximum Gasteiger partial charge on any atom is 0.282 e. The monoisotopic (exact) mass is 373 g/mol. The maximum atomic E-state index is 12.9. The summed E-state index contributed by atoms with van der Waals surface area (Å²) in [7, 11) is 0. The summed E-state index contributed by atoms with van der Waals surface area (Å²) >= 11 is 0. The second kappa shape index (κ2) is 7.11. The minimum Gasteiger partial charge on any atom is -0.294 e. The Kier molecular flexibility index (Phi) is 4.49. The summed E-state index contributed by atoms with van der Waals surface area (Å²) in [6, 6.07) is 16.4. The number of aromatic amines is 1. The van der Waals surface area contributed by atoms with Gasteiger partial charge in [-0.2, -0.15) is 9.78 Å². The zero-order chi connectivity index (χ0) is 19.7. The highest BCUT2D eigenvalue weighted by molar-refractivity contribution is 5.81. The number of nitrogens with one attached hydrogen (secondary N) is 1. The van der Waals surface area contributed by atoms with Crippen LogP contribution < -0.4 is 11.1 Å². The van der Waals surface area contributed by atoms with Crippen molar-refractivity contribution in [2.45, 2.75) is 20.3 Å². The van der Waals surface area contributed by atoms with Gasteiger partial charge < -0.3 is 0 Å². The Bertz CT molecular complexity index is 1300. The fourth-order valence-electron chi connectivity index (χ4n) is 3.14. The van der Waals surface area contributed by atoms with Crippen LogP contribution in [0.4, 0.5) is 0 Å². The average Bonchev–Trinajstić information content (AvgIpc) is 3.04. The van der Waals surface area contributed by atoms with Crippen molar-refractivity contribution in [1.82, 2.24) is 19.4 Å². The average molecular weight is 373 g/mol. The number of H-pyrrole nitrogens is 1. The first-order chi connectivity index (χ1) is 13.6. The molecule has 0 spiro atoms. The van der Waals surface area contributed by atoms with Gasteiger partial charge in [-0.05, 0) is 37.6 Å². The van der Waals surface area contributed by atoms with Gasteiger partial charge in [-0.3, -0.25) is 14.7 Å². The van der Waals surface area contributed by atoms with Gasteiger partial charge in [-0.25, -0.2) is 9.67 Å². The van der Waals surface area contributed by atoms with Crippen molar-refractivity contribution >= 4 is 17.1 Å². The standard InChI is InChI=1S/C21H19N5O2/c1-3-18-17(21(28)26(24-18)15-9-5-4-6-10-15)13-22-25-14(2)23-19-12-8-7-11-16(19)20(25)27/h4-13,24H,3H2,1-2H3. The fourth-order valence-corrected chi connectivity index (χ4v) is 3.14. The van der Waals surface area contributed by atoms with Gasteiger partial charge in [0.2, 0.25) is 0 Å². The van der Waals surface area contributed by atoms with E-state index in [2.05, 4.69) is 15.2 Å². The Morgan fingerprint density at radius 1 is 1.04 bits per heavy atom. The summed E-state index contributed by atoms with van der Waals surface area (Å²) in [5, 5.41) is 7.89. The van der Waals surface area contributed by atoms with Crippen LogP contribution in [0.15, 0.2) is 69.3 Å². The van der Waals surface area contributed by atoms with E-state index >= 15 is 0 Å². The SMILES string of the molecule is CCc1[nH]n(-c2ccccc2)c(=O)c1C=Nn1c(C)nc2ccccc2c1=O. The van der Waals surface area contributed by atoms with Crippen LogP contribution in [-0.4, -0.2) is 25.7 Å². The summed E-state index contributed by atoms with van der Waals surface area (Å²) in [4.78, 5) is 30.1. The summed E-state index contributed by atoms with van der Waals surface area (Å²) < 4.78 is 2.70. The number of hydrogen-bond donors (Lipinski definition) is 1. The van der Waals surface area contributed by atoms with Crippen LogP contribution in [-0.2, 0) is 6.42 Å². The van der Waals surface area contributed by atoms with Crippen LogP contribution in [0, 0.1) is 6.92 Å². The molecule has 0 atom stereocenters. The first-order valence-corrected chi connectivity index (χ1v) is 9.02. The van der Waals surface area contributed by atoms with E-state index in [1.165, 1.54) is 15.6 Å². The van der Waals surface area contributed by atoms with Gasteiger partial charge in [0.15, 0.2) is 0 Å². The molecule has 0 saturated carbocycles. The Labute approximate surface area is 160 Å². The molecule has 0 amide bonds. The van der Waals surface area contributed by atoms with Crippen LogP contribution >= 0.6 is 0 Å². The lowest BCUT2D eigenvalue weighted by Gasteiger charge is -2.04. The first kappa shape index (κ1) is 17.7. The first-order valence-electron chi connectivity index (χ1n) is 9.02. The summed E-state index contributed by atoms with van der Waals surface area (Å²) in [5.41, 5.74) is 2.05. The van der Waals surface area contributed by atoms with Crippen molar-refractivity contribution in [1.29, 1.82) is 0 Å². The molecule has 0 fully saturated rings. The molecule has 2 heterocycles. The number of benzene rings is 2. The summed E-state index contributed by atoms with van der Waals surface area (Å²) in [5.74, 6) is 0.455. The summed E-state index contributed by atoms with van der Waals surface area (Å²) in [6.07, 6.45) is 2.06. The maximum absolute atomic E-state index is 12.9. The summed E-state index contributed by atoms with van der Waals surface area (Å²) in [6.45, 7) is 3.66. The second-order valence-corrected chi connectivity index (χ2v) is 6.37. The van der Waals surface area contributed by atoms with E-state index in [4.69, 9.17) is 0 Å². The highest BCUT2D eigenvalue weighted by Crippen LogP contribution is 2.09. The molecule has 0 radical (unpaired) electrons. The normalized spacial score (nSPS) is 11.5. The molecular weight excluding hydrogens is 354 g/mol. The Balaban J connectivity index is 1.83. The minimum absolute atomic E-state index is 0.216. The van der Waals surface area contributed by atoms with Crippen molar-refractivity contribution in [3.8, 4) is 5.69 Å². The number of para-hydroxylation sites is 2.